The van der Waals surface area contributed by atoms with E-state index in [0.29, 0.717) is 38.6 Å². The van der Waals surface area contributed by atoms with E-state index >= 15 is 0 Å². The molecule has 5 rings (SSSR count). The van der Waals surface area contributed by atoms with E-state index in [9.17, 15) is 14.0 Å². The first kappa shape index (κ1) is 24.1. The molecule has 184 valence electrons. The average molecular weight is 512 g/mol. The summed E-state index contributed by atoms with van der Waals surface area (Å²) in [4.78, 5) is 25.2. The van der Waals surface area contributed by atoms with Crippen molar-refractivity contribution in [2.24, 2.45) is 0 Å². The smallest absolute Gasteiger partial charge is 0.309 e. The number of hydrogen-bond acceptors (Lipinski definition) is 5. The summed E-state index contributed by atoms with van der Waals surface area (Å²) in [5.41, 5.74) is 4.55. The molecule has 0 aliphatic carbocycles. The first-order valence-corrected chi connectivity index (χ1v) is 12.4. The zero-order valence-electron chi connectivity index (χ0n) is 20.1. The van der Waals surface area contributed by atoms with Crippen LogP contribution < -0.4 is 10.1 Å². The molecule has 0 aliphatic rings. The van der Waals surface area contributed by atoms with Gasteiger partial charge in [-0.2, -0.15) is 9.78 Å². The van der Waals surface area contributed by atoms with Crippen LogP contribution in [0.25, 0.3) is 28.1 Å². The summed E-state index contributed by atoms with van der Waals surface area (Å²) < 4.78 is 21.4. The predicted octanol–water partition coefficient (Wildman–Crippen LogP) is 6.89. The highest BCUT2D eigenvalue weighted by Crippen LogP contribution is 2.41. The molecule has 0 fully saturated rings. The molecule has 2 heterocycles. The molecule has 3 aromatic carbocycles. The number of hydrogen-bond donors (Lipinski definition) is 1. The van der Waals surface area contributed by atoms with Crippen LogP contribution in [0.3, 0.4) is 0 Å². The van der Waals surface area contributed by atoms with Crippen LogP contribution in [0, 0.1) is 12.7 Å². The van der Waals surface area contributed by atoms with Crippen LogP contribution >= 0.6 is 11.3 Å². The standard InChI is InChI=1S/C29H22FN3O3S/c1-18-8-14-24(15-9-18)33-29(36-19(2)34)26(27(32-33)21-5-3-6-22(30)17-21)20-10-12-23(13-11-20)31-28(35)25-7-4-16-37-25/h3-17H,1-2H3,(H,31,35). The third-order valence-electron chi connectivity index (χ3n) is 5.64. The molecule has 2 aromatic heterocycles. The largest absolute Gasteiger partial charge is 0.407 e. The molecule has 0 spiro atoms. The van der Waals surface area contributed by atoms with Crippen LogP contribution in [0.5, 0.6) is 5.88 Å². The van der Waals surface area contributed by atoms with Crippen molar-refractivity contribution < 1.29 is 18.7 Å². The van der Waals surface area contributed by atoms with Crippen molar-refractivity contribution in [1.82, 2.24) is 9.78 Å². The first-order valence-electron chi connectivity index (χ1n) is 11.5. The predicted molar refractivity (Wildman–Crippen MR) is 143 cm³/mol. The molecule has 5 aromatic rings. The quantitative estimate of drug-likeness (QED) is 0.252. The minimum absolute atomic E-state index is 0.198. The number of nitrogens with one attached hydrogen (secondary N) is 1. The Morgan fingerprint density at radius 2 is 1.70 bits per heavy atom. The molecular formula is C29H22FN3O3S. The van der Waals surface area contributed by atoms with Crippen LogP contribution in [0.1, 0.15) is 22.2 Å². The van der Waals surface area contributed by atoms with Gasteiger partial charge in [0.25, 0.3) is 5.91 Å². The Labute approximate surface area is 217 Å². The summed E-state index contributed by atoms with van der Waals surface area (Å²) in [6.07, 6.45) is 0. The minimum Gasteiger partial charge on any atom is -0.407 e. The number of carbonyl (C=O) groups excluding carboxylic acids is 2. The highest BCUT2D eigenvalue weighted by molar-refractivity contribution is 7.12. The number of halogens is 1. The van der Waals surface area contributed by atoms with E-state index in [2.05, 4.69) is 5.32 Å². The van der Waals surface area contributed by atoms with Crippen molar-refractivity contribution in [2.75, 3.05) is 5.32 Å². The Kier molecular flexibility index (Phi) is 6.66. The number of amides is 1. The fourth-order valence-electron chi connectivity index (χ4n) is 3.91. The van der Waals surface area contributed by atoms with E-state index in [4.69, 9.17) is 9.84 Å². The molecule has 0 saturated carbocycles. The third kappa shape index (κ3) is 5.19. The van der Waals surface area contributed by atoms with Gasteiger partial charge in [-0.05, 0) is 60.3 Å². The molecule has 0 unspecified atom stereocenters. The number of carbonyl (C=O) groups is 2. The number of ether oxygens (including phenoxy) is 1. The molecule has 0 aliphatic heterocycles. The van der Waals surface area contributed by atoms with E-state index in [1.807, 2.05) is 42.6 Å². The van der Waals surface area contributed by atoms with Crippen molar-refractivity contribution in [3.8, 4) is 34.0 Å². The highest BCUT2D eigenvalue weighted by Gasteiger charge is 2.25. The molecular weight excluding hydrogens is 489 g/mol. The maximum atomic E-state index is 14.2. The molecule has 1 N–H and O–H groups in total. The van der Waals surface area contributed by atoms with Crippen molar-refractivity contribution in [3.05, 3.63) is 107 Å². The Bertz CT molecular complexity index is 1570. The zero-order chi connectivity index (χ0) is 25.9. The number of benzene rings is 3. The normalized spacial score (nSPS) is 10.8. The maximum absolute atomic E-state index is 14.2. The van der Waals surface area contributed by atoms with Crippen LogP contribution in [-0.4, -0.2) is 21.7 Å². The molecule has 0 bridgehead atoms. The van der Waals surface area contributed by atoms with Gasteiger partial charge in [0.15, 0.2) is 0 Å². The lowest BCUT2D eigenvalue weighted by Gasteiger charge is -2.10. The van der Waals surface area contributed by atoms with Crippen LogP contribution in [-0.2, 0) is 4.79 Å². The summed E-state index contributed by atoms with van der Waals surface area (Å²) in [7, 11) is 0. The summed E-state index contributed by atoms with van der Waals surface area (Å²) in [5.74, 6) is -0.906. The van der Waals surface area contributed by atoms with Gasteiger partial charge in [0.05, 0.1) is 16.1 Å². The van der Waals surface area contributed by atoms with E-state index in [0.717, 1.165) is 5.56 Å². The Balaban J connectivity index is 1.64. The number of aryl methyl sites for hydroxylation is 1. The van der Waals surface area contributed by atoms with E-state index < -0.39 is 11.8 Å². The second kappa shape index (κ2) is 10.2. The average Bonchev–Trinajstić information content (AvgIpc) is 3.54. The zero-order valence-corrected chi connectivity index (χ0v) is 20.9. The number of rotatable bonds is 6. The van der Waals surface area contributed by atoms with Crippen molar-refractivity contribution in [1.29, 1.82) is 0 Å². The SMILES string of the molecule is CC(=O)Oc1c(-c2ccc(NC(=O)c3cccs3)cc2)c(-c2cccc(F)c2)nn1-c1ccc(C)cc1. The Morgan fingerprint density at radius 1 is 0.946 bits per heavy atom. The van der Waals surface area contributed by atoms with Crippen molar-refractivity contribution in [2.45, 2.75) is 13.8 Å². The fraction of sp³-hybridized carbons (Fsp3) is 0.0690. The summed E-state index contributed by atoms with van der Waals surface area (Å²) in [6, 6.07) is 24.4. The van der Waals surface area contributed by atoms with Crippen LogP contribution in [0.15, 0.2) is 90.3 Å². The van der Waals surface area contributed by atoms with Gasteiger partial charge in [0.1, 0.15) is 11.5 Å². The van der Waals surface area contributed by atoms with E-state index in [1.54, 1.807) is 47.1 Å². The maximum Gasteiger partial charge on any atom is 0.309 e. The summed E-state index contributed by atoms with van der Waals surface area (Å²) in [6.45, 7) is 3.30. The topological polar surface area (TPSA) is 73.2 Å². The van der Waals surface area contributed by atoms with Gasteiger partial charge in [0, 0.05) is 18.2 Å². The molecule has 6 nitrogen and oxygen atoms in total. The number of esters is 1. The number of aromatic nitrogens is 2. The number of nitrogens with zero attached hydrogens (tertiary/aromatic N) is 2. The molecule has 37 heavy (non-hydrogen) atoms. The summed E-state index contributed by atoms with van der Waals surface area (Å²) >= 11 is 1.36. The van der Waals surface area contributed by atoms with Gasteiger partial charge in [-0.15, -0.1) is 11.3 Å². The van der Waals surface area contributed by atoms with Gasteiger partial charge in [-0.25, -0.2) is 4.39 Å². The Morgan fingerprint density at radius 3 is 2.35 bits per heavy atom. The van der Waals surface area contributed by atoms with Gasteiger partial charge < -0.3 is 10.1 Å². The number of thiophene rings is 1. The number of anilines is 1. The lowest BCUT2D eigenvalue weighted by Crippen LogP contribution is -2.10. The highest BCUT2D eigenvalue weighted by atomic mass is 32.1. The van der Waals surface area contributed by atoms with Crippen LogP contribution in [0.2, 0.25) is 0 Å². The monoisotopic (exact) mass is 511 g/mol. The molecule has 0 saturated heterocycles. The third-order valence-corrected chi connectivity index (χ3v) is 6.51. The molecule has 0 atom stereocenters. The lowest BCUT2D eigenvalue weighted by molar-refractivity contribution is -0.132. The van der Waals surface area contributed by atoms with Gasteiger partial charge in [-0.1, -0.05) is 48.0 Å². The van der Waals surface area contributed by atoms with Crippen molar-refractivity contribution in [3.63, 3.8) is 0 Å². The lowest BCUT2D eigenvalue weighted by atomic mass is 10.0. The second-order valence-corrected chi connectivity index (χ2v) is 9.34. The minimum atomic E-state index is -0.514. The van der Waals surface area contributed by atoms with Crippen molar-refractivity contribution >= 4 is 28.9 Å². The van der Waals surface area contributed by atoms with E-state index in [1.165, 1.54) is 30.4 Å². The van der Waals surface area contributed by atoms with Gasteiger partial charge in [0.2, 0.25) is 5.88 Å². The summed E-state index contributed by atoms with van der Waals surface area (Å²) in [5, 5.41) is 9.48. The van der Waals surface area contributed by atoms with Gasteiger partial charge >= 0.3 is 5.97 Å². The first-order chi connectivity index (χ1) is 17.9. The fourth-order valence-corrected chi connectivity index (χ4v) is 4.53. The molecule has 1 amide bonds. The van der Waals surface area contributed by atoms with Gasteiger partial charge in [-0.3, -0.25) is 9.59 Å². The van der Waals surface area contributed by atoms with E-state index in [-0.39, 0.29) is 11.8 Å². The second-order valence-electron chi connectivity index (χ2n) is 8.39. The molecule has 8 heteroatoms. The Hall–Kier alpha value is -4.56. The van der Waals surface area contributed by atoms with Crippen LogP contribution in [0.4, 0.5) is 10.1 Å². The molecule has 0 radical (unpaired) electrons.